The monoisotopic (exact) mass is 285 g/mol. The van der Waals surface area contributed by atoms with Crippen LogP contribution in [0.15, 0.2) is 12.1 Å². The van der Waals surface area contributed by atoms with Crippen LogP contribution in [-0.2, 0) is 16.4 Å². The number of nitrogens with two attached hydrogens (primary N) is 1. The number of hydrogen-bond donors (Lipinski definition) is 1. The molecule has 0 aliphatic carbocycles. The Hall–Kier alpha value is -1.14. The topological polar surface area (TPSA) is 76.3 Å². The van der Waals surface area contributed by atoms with Gasteiger partial charge in [0.15, 0.2) is 0 Å². The summed E-state index contributed by atoms with van der Waals surface area (Å²) in [5, 5.41) is 0. The van der Waals surface area contributed by atoms with E-state index < -0.39 is 9.84 Å². The molecule has 0 saturated heterocycles. The lowest BCUT2D eigenvalue weighted by Gasteiger charge is -2.20. The Labute approximate surface area is 115 Å². The Morgan fingerprint density at radius 2 is 2.00 bits per heavy atom. The van der Waals surface area contributed by atoms with E-state index in [2.05, 4.69) is 18.8 Å². The number of anilines is 1. The van der Waals surface area contributed by atoms with E-state index in [9.17, 15) is 8.42 Å². The van der Waals surface area contributed by atoms with Crippen LogP contribution in [0.25, 0.3) is 0 Å². The first-order valence-electron chi connectivity index (χ1n) is 6.32. The van der Waals surface area contributed by atoms with Crippen molar-refractivity contribution in [2.24, 2.45) is 5.73 Å². The number of pyridine rings is 1. The molecule has 0 aliphatic rings. The normalized spacial score (nSPS) is 11.9. The first-order chi connectivity index (χ1) is 8.73. The highest BCUT2D eigenvalue weighted by atomic mass is 32.2. The molecule has 0 atom stereocenters. The van der Waals surface area contributed by atoms with Gasteiger partial charge in [0.25, 0.3) is 0 Å². The molecular formula is C13H23N3O2S. The molecule has 0 bridgehead atoms. The van der Waals surface area contributed by atoms with Crippen molar-refractivity contribution in [1.29, 1.82) is 0 Å². The average Bonchev–Trinajstić information content (AvgIpc) is 2.34. The van der Waals surface area contributed by atoms with Crippen molar-refractivity contribution >= 4 is 15.7 Å². The van der Waals surface area contributed by atoms with Crippen LogP contribution in [-0.4, -0.2) is 39.0 Å². The Balaban J connectivity index is 2.95. The molecule has 2 N–H and O–H groups in total. The summed E-state index contributed by atoms with van der Waals surface area (Å²) in [7, 11) is -1.12. The van der Waals surface area contributed by atoms with Crippen LogP contribution in [0.4, 0.5) is 5.82 Å². The summed E-state index contributed by atoms with van der Waals surface area (Å²) in [5.74, 6) is 1.21. The maximum Gasteiger partial charge on any atom is 0.149 e. The Morgan fingerprint density at radius 3 is 2.47 bits per heavy atom. The molecule has 6 heteroatoms. The zero-order valence-corrected chi connectivity index (χ0v) is 12.9. The maximum absolute atomic E-state index is 11.2. The molecule has 0 fully saturated rings. The van der Waals surface area contributed by atoms with Crippen molar-refractivity contribution in [1.82, 2.24) is 4.98 Å². The third kappa shape index (κ3) is 5.16. The molecule has 0 radical (unpaired) electrons. The number of nitrogens with zero attached hydrogens (tertiary/aromatic N) is 2. The molecule has 19 heavy (non-hydrogen) atoms. The van der Waals surface area contributed by atoms with Gasteiger partial charge in [-0.3, -0.25) is 0 Å². The van der Waals surface area contributed by atoms with Crippen molar-refractivity contribution < 1.29 is 8.42 Å². The molecular weight excluding hydrogens is 262 g/mol. The highest BCUT2D eigenvalue weighted by molar-refractivity contribution is 7.90. The molecule has 0 amide bonds. The summed E-state index contributed by atoms with van der Waals surface area (Å²) in [6.07, 6.45) is 1.24. The van der Waals surface area contributed by atoms with E-state index in [1.54, 1.807) is 0 Å². The van der Waals surface area contributed by atoms with Gasteiger partial charge in [-0.25, -0.2) is 13.4 Å². The first kappa shape index (κ1) is 15.9. The number of aromatic nitrogens is 1. The number of rotatable bonds is 6. The molecule has 1 heterocycles. The van der Waals surface area contributed by atoms with Crippen molar-refractivity contribution in [3.8, 4) is 0 Å². The summed E-state index contributed by atoms with van der Waals surface area (Å²) in [5.41, 5.74) is 7.68. The van der Waals surface area contributed by atoms with Gasteiger partial charge in [0, 0.05) is 32.1 Å². The van der Waals surface area contributed by atoms with Crippen LogP contribution in [0, 0.1) is 0 Å². The third-order valence-corrected chi connectivity index (χ3v) is 3.83. The fourth-order valence-corrected chi connectivity index (χ4v) is 2.23. The van der Waals surface area contributed by atoms with Crippen LogP contribution in [0.5, 0.6) is 0 Å². The maximum atomic E-state index is 11.2. The Morgan fingerprint density at radius 1 is 1.37 bits per heavy atom. The van der Waals surface area contributed by atoms with Gasteiger partial charge in [-0.2, -0.15) is 0 Å². The van der Waals surface area contributed by atoms with Crippen LogP contribution >= 0.6 is 0 Å². The molecule has 5 nitrogen and oxygen atoms in total. The van der Waals surface area contributed by atoms with E-state index >= 15 is 0 Å². The molecule has 0 aromatic carbocycles. The zero-order chi connectivity index (χ0) is 14.6. The zero-order valence-electron chi connectivity index (χ0n) is 12.0. The molecule has 0 aliphatic heterocycles. The SMILES string of the molecule is CC(C)c1cc(CN)cc(N(C)CCS(C)(=O)=O)n1. The van der Waals surface area contributed by atoms with E-state index in [0.29, 0.717) is 19.0 Å². The van der Waals surface area contributed by atoms with Gasteiger partial charge in [0.1, 0.15) is 15.7 Å². The predicted octanol–water partition coefficient (Wildman–Crippen LogP) is 1.14. The molecule has 0 unspecified atom stereocenters. The lowest BCUT2D eigenvalue weighted by atomic mass is 10.1. The highest BCUT2D eigenvalue weighted by Gasteiger charge is 2.11. The van der Waals surface area contributed by atoms with E-state index in [0.717, 1.165) is 17.1 Å². The highest BCUT2D eigenvalue weighted by Crippen LogP contribution is 2.19. The molecule has 108 valence electrons. The minimum absolute atomic E-state index is 0.120. The summed E-state index contributed by atoms with van der Waals surface area (Å²) in [6, 6.07) is 3.91. The fourth-order valence-electron chi connectivity index (χ4n) is 1.62. The van der Waals surface area contributed by atoms with Gasteiger partial charge in [-0.05, 0) is 23.6 Å². The van der Waals surface area contributed by atoms with Crippen LogP contribution in [0.2, 0.25) is 0 Å². The van der Waals surface area contributed by atoms with Crippen molar-refractivity contribution in [3.63, 3.8) is 0 Å². The molecule has 1 aromatic heterocycles. The van der Waals surface area contributed by atoms with Crippen molar-refractivity contribution in [2.45, 2.75) is 26.3 Å². The minimum Gasteiger partial charge on any atom is -0.359 e. The third-order valence-electron chi connectivity index (χ3n) is 2.91. The van der Waals surface area contributed by atoms with E-state index in [1.165, 1.54) is 6.26 Å². The fraction of sp³-hybridized carbons (Fsp3) is 0.615. The van der Waals surface area contributed by atoms with Gasteiger partial charge in [-0.1, -0.05) is 13.8 Å². The van der Waals surface area contributed by atoms with Gasteiger partial charge >= 0.3 is 0 Å². The van der Waals surface area contributed by atoms with Crippen molar-refractivity contribution in [2.75, 3.05) is 30.5 Å². The Bertz CT molecular complexity index is 527. The lowest BCUT2D eigenvalue weighted by Crippen LogP contribution is -2.26. The molecule has 1 rings (SSSR count). The lowest BCUT2D eigenvalue weighted by molar-refractivity contribution is 0.601. The standard InChI is InChI=1S/C13H23N3O2S/c1-10(2)12-7-11(9-14)8-13(15-12)16(3)5-6-19(4,17)18/h7-8,10H,5-6,9,14H2,1-4H3. The predicted molar refractivity (Wildman–Crippen MR) is 79.2 cm³/mol. The summed E-state index contributed by atoms with van der Waals surface area (Å²) >= 11 is 0. The second kappa shape index (κ2) is 6.34. The van der Waals surface area contributed by atoms with Gasteiger partial charge < -0.3 is 10.6 Å². The van der Waals surface area contributed by atoms with Crippen molar-refractivity contribution in [3.05, 3.63) is 23.4 Å². The minimum atomic E-state index is -2.96. The van der Waals surface area contributed by atoms with Gasteiger partial charge in [0.05, 0.1) is 5.75 Å². The smallest absolute Gasteiger partial charge is 0.149 e. The summed E-state index contributed by atoms with van der Waals surface area (Å²) in [4.78, 5) is 6.41. The summed E-state index contributed by atoms with van der Waals surface area (Å²) in [6.45, 7) is 5.03. The van der Waals surface area contributed by atoms with Crippen LogP contribution in [0.1, 0.15) is 31.0 Å². The van der Waals surface area contributed by atoms with Gasteiger partial charge in [0.2, 0.25) is 0 Å². The van der Waals surface area contributed by atoms with E-state index in [4.69, 9.17) is 5.73 Å². The average molecular weight is 285 g/mol. The summed E-state index contributed by atoms with van der Waals surface area (Å²) < 4.78 is 22.4. The second-order valence-corrected chi connectivity index (χ2v) is 7.43. The molecule has 0 spiro atoms. The molecule has 0 saturated carbocycles. The quantitative estimate of drug-likeness (QED) is 0.848. The molecule has 1 aromatic rings. The van der Waals surface area contributed by atoms with Crippen LogP contribution < -0.4 is 10.6 Å². The largest absolute Gasteiger partial charge is 0.359 e. The number of sulfone groups is 1. The second-order valence-electron chi connectivity index (χ2n) is 5.17. The number of hydrogen-bond acceptors (Lipinski definition) is 5. The van der Waals surface area contributed by atoms with Gasteiger partial charge in [-0.15, -0.1) is 0 Å². The van der Waals surface area contributed by atoms with E-state index in [-0.39, 0.29) is 5.75 Å². The Kier molecular flexibility index (Phi) is 5.31. The first-order valence-corrected chi connectivity index (χ1v) is 8.38. The van der Waals surface area contributed by atoms with Crippen LogP contribution in [0.3, 0.4) is 0 Å². The van der Waals surface area contributed by atoms with E-state index in [1.807, 2.05) is 24.1 Å².